The van der Waals surface area contributed by atoms with Gasteiger partial charge in [-0.3, -0.25) is 3.59 Å². The Kier molecular flexibility index (Phi) is 3.93. The van der Waals surface area contributed by atoms with Crippen molar-refractivity contribution in [3.8, 4) is 6.07 Å². The van der Waals surface area contributed by atoms with Crippen LogP contribution < -0.4 is 0 Å². The Morgan fingerprint density at radius 3 is 2.60 bits per heavy atom. The molecule has 2 aromatic rings. The van der Waals surface area contributed by atoms with E-state index in [0.29, 0.717) is 5.56 Å². The molecule has 0 radical (unpaired) electrons. The van der Waals surface area contributed by atoms with Crippen LogP contribution in [0, 0.1) is 18.3 Å². The van der Waals surface area contributed by atoms with E-state index < -0.39 is 0 Å². The van der Waals surface area contributed by atoms with Crippen molar-refractivity contribution in [1.29, 1.82) is 5.26 Å². The number of aromatic nitrogens is 1. The molecule has 0 saturated heterocycles. The van der Waals surface area contributed by atoms with E-state index in [1.807, 2.05) is 48.8 Å². The van der Waals surface area contributed by atoms with Gasteiger partial charge in [-0.15, -0.1) is 0 Å². The number of hydrogen-bond acceptors (Lipinski definition) is 1. The molecule has 0 aliphatic heterocycles. The molecule has 1 aromatic carbocycles. The first kappa shape index (κ1) is 11.8. The summed E-state index contributed by atoms with van der Waals surface area (Å²) in [4.78, 5) is 0. The second-order valence-electron chi connectivity index (χ2n) is 2.97. The molecule has 3 heteroatoms. The minimum absolute atomic E-state index is 0.703. The predicted molar refractivity (Wildman–Crippen MR) is 67.1 cm³/mol. The van der Waals surface area contributed by atoms with Crippen LogP contribution >= 0.6 is 16.1 Å². The highest BCUT2D eigenvalue weighted by atomic mass is 79.9. The smallest absolute Gasteiger partial charge is 0.0991 e. The molecule has 0 aliphatic rings. The van der Waals surface area contributed by atoms with Gasteiger partial charge in [0.05, 0.1) is 33.3 Å². The van der Waals surface area contributed by atoms with Crippen molar-refractivity contribution in [2.24, 2.45) is 0 Å². The number of hydrogen-bond donors (Lipinski definition) is 0. The molecule has 0 saturated carbocycles. The van der Waals surface area contributed by atoms with Crippen molar-refractivity contribution in [1.82, 2.24) is 3.59 Å². The number of nitrogens with zero attached hydrogens (tertiary/aromatic N) is 2. The average molecular weight is 265 g/mol. The van der Waals surface area contributed by atoms with Crippen LogP contribution in [0.25, 0.3) is 10.9 Å². The maximum atomic E-state index is 8.73. The van der Waals surface area contributed by atoms with E-state index >= 15 is 0 Å². The van der Waals surface area contributed by atoms with Crippen molar-refractivity contribution < 1.29 is 0 Å². The van der Waals surface area contributed by atoms with Crippen LogP contribution in [0.3, 0.4) is 0 Å². The van der Waals surface area contributed by atoms with E-state index in [-0.39, 0.29) is 0 Å². The van der Waals surface area contributed by atoms with Crippen molar-refractivity contribution in [3.63, 3.8) is 0 Å². The fourth-order valence-corrected chi connectivity index (χ4v) is 2.03. The Bertz CT molecular complexity index is 506. The van der Waals surface area contributed by atoms with Crippen molar-refractivity contribution in [3.05, 3.63) is 35.5 Å². The first-order chi connectivity index (χ1) is 7.22. The van der Waals surface area contributed by atoms with Crippen molar-refractivity contribution in [2.45, 2.75) is 20.8 Å². The largest absolute Gasteiger partial charge is 0.283 e. The fourth-order valence-electron chi connectivity index (χ4n) is 1.42. The highest BCUT2D eigenvalue weighted by molar-refractivity contribution is 9.08. The van der Waals surface area contributed by atoms with E-state index in [2.05, 4.69) is 22.2 Å². The number of fused-ring (bicyclic) bond motifs is 1. The highest BCUT2D eigenvalue weighted by Gasteiger charge is 2.03. The fraction of sp³-hybridized carbons (Fsp3) is 0.250. The van der Waals surface area contributed by atoms with E-state index in [4.69, 9.17) is 5.26 Å². The topological polar surface area (TPSA) is 28.7 Å². The summed E-state index contributed by atoms with van der Waals surface area (Å²) in [5.41, 5.74) is 2.97. The highest BCUT2D eigenvalue weighted by Crippen LogP contribution is 2.23. The number of halogens is 1. The lowest BCUT2D eigenvalue weighted by Gasteiger charge is -1.93. The Balaban J connectivity index is 0.000000531. The number of aryl methyl sites for hydroxylation is 1. The molecule has 0 aliphatic carbocycles. The molecule has 0 atom stereocenters. The van der Waals surface area contributed by atoms with Gasteiger partial charge in [-0.2, -0.15) is 5.26 Å². The van der Waals surface area contributed by atoms with Crippen LogP contribution in [-0.4, -0.2) is 3.59 Å². The maximum absolute atomic E-state index is 8.73. The monoisotopic (exact) mass is 264 g/mol. The van der Waals surface area contributed by atoms with Crippen molar-refractivity contribution >= 4 is 27.1 Å². The Morgan fingerprint density at radius 1 is 1.33 bits per heavy atom. The third-order valence-corrected chi connectivity index (χ3v) is 2.67. The summed E-state index contributed by atoms with van der Waals surface area (Å²) in [6, 6.07) is 7.80. The van der Waals surface area contributed by atoms with Crippen LogP contribution in [0.1, 0.15) is 25.0 Å². The first-order valence-corrected chi connectivity index (χ1v) is 5.61. The van der Waals surface area contributed by atoms with Gasteiger partial charge in [0.15, 0.2) is 0 Å². The Hall–Kier alpha value is -1.27. The minimum atomic E-state index is 0.703. The van der Waals surface area contributed by atoms with Crippen LogP contribution in [0.4, 0.5) is 0 Å². The molecule has 0 bridgehead atoms. The van der Waals surface area contributed by atoms with Crippen molar-refractivity contribution in [2.75, 3.05) is 0 Å². The summed E-state index contributed by atoms with van der Waals surface area (Å²) < 4.78 is 1.89. The van der Waals surface area contributed by atoms with E-state index in [0.717, 1.165) is 10.9 Å². The third-order valence-electron chi connectivity index (χ3n) is 2.09. The lowest BCUT2D eigenvalue weighted by Crippen LogP contribution is -1.76. The van der Waals surface area contributed by atoms with Gasteiger partial charge in [0.2, 0.25) is 0 Å². The lowest BCUT2D eigenvalue weighted by molar-refractivity contribution is 1.35. The van der Waals surface area contributed by atoms with Gasteiger partial charge in [0.25, 0.3) is 0 Å². The molecule has 1 aromatic heterocycles. The summed E-state index contributed by atoms with van der Waals surface area (Å²) >= 11 is 3.40. The molecule has 2 rings (SSSR count). The van der Waals surface area contributed by atoms with E-state index in [9.17, 15) is 0 Å². The van der Waals surface area contributed by atoms with Crippen LogP contribution in [-0.2, 0) is 0 Å². The molecular weight excluding hydrogens is 252 g/mol. The lowest BCUT2D eigenvalue weighted by atomic mass is 10.1. The summed E-state index contributed by atoms with van der Waals surface area (Å²) in [6.45, 7) is 6.03. The molecule has 0 unspecified atom stereocenters. The standard InChI is InChI=1S/C10H7BrN2.C2H6/c1-7-6-13(11)10-3-2-8(5-12)4-9(7)10;1-2/h2-4,6H,1H3;1-2H3. The number of benzene rings is 1. The van der Waals surface area contributed by atoms with Gasteiger partial charge in [-0.1, -0.05) is 13.8 Å². The third kappa shape index (κ3) is 2.21. The quantitative estimate of drug-likeness (QED) is 0.707. The zero-order valence-electron chi connectivity index (χ0n) is 9.08. The zero-order chi connectivity index (χ0) is 11.4. The van der Waals surface area contributed by atoms with Gasteiger partial charge in [0.1, 0.15) is 0 Å². The molecule has 0 N–H and O–H groups in total. The van der Waals surface area contributed by atoms with Gasteiger partial charge >= 0.3 is 0 Å². The molecular formula is C12H13BrN2. The number of rotatable bonds is 0. The van der Waals surface area contributed by atoms with E-state index in [1.54, 1.807) is 0 Å². The summed E-state index contributed by atoms with van der Waals surface area (Å²) in [5, 5.41) is 9.85. The molecule has 0 fully saturated rings. The van der Waals surface area contributed by atoms with Gasteiger partial charge in [-0.25, -0.2) is 0 Å². The number of nitriles is 1. The predicted octanol–water partition coefficient (Wildman–Crippen LogP) is 4.01. The van der Waals surface area contributed by atoms with E-state index in [1.165, 1.54) is 5.56 Å². The minimum Gasteiger partial charge on any atom is -0.283 e. The van der Waals surface area contributed by atoms with Crippen LogP contribution in [0.5, 0.6) is 0 Å². The van der Waals surface area contributed by atoms with Gasteiger partial charge < -0.3 is 0 Å². The maximum Gasteiger partial charge on any atom is 0.0991 e. The second kappa shape index (κ2) is 4.99. The van der Waals surface area contributed by atoms with Gasteiger partial charge in [0, 0.05) is 11.6 Å². The normalized spacial score (nSPS) is 9.27. The van der Waals surface area contributed by atoms with Gasteiger partial charge in [-0.05, 0) is 30.7 Å². The summed E-state index contributed by atoms with van der Waals surface area (Å²) in [7, 11) is 0. The van der Waals surface area contributed by atoms with Crippen LogP contribution in [0.2, 0.25) is 0 Å². The summed E-state index contributed by atoms with van der Waals surface area (Å²) in [5.74, 6) is 0. The molecule has 0 amide bonds. The molecule has 2 nitrogen and oxygen atoms in total. The molecule has 15 heavy (non-hydrogen) atoms. The molecule has 1 heterocycles. The first-order valence-electron chi connectivity index (χ1n) is 4.90. The summed E-state index contributed by atoms with van der Waals surface area (Å²) in [6.07, 6.45) is 1.99. The van der Waals surface area contributed by atoms with Crippen LogP contribution in [0.15, 0.2) is 24.4 Å². The Labute approximate surface area is 98.5 Å². The molecule has 0 spiro atoms. The SMILES string of the molecule is CC.Cc1cn(Br)c2ccc(C#N)cc12. The second-order valence-corrected chi connectivity index (χ2v) is 3.73. The zero-order valence-corrected chi connectivity index (χ0v) is 10.7. The molecule has 78 valence electrons. The Morgan fingerprint density at radius 2 is 2.00 bits per heavy atom. The average Bonchev–Trinajstić information content (AvgIpc) is 2.57.